The van der Waals surface area contributed by atoms with Crippen molar-refractivity contribution < 1.29 is 51.3 Å². The van der Waals surface area contributed by atoms with E-state index in [-0.39, 0.29) is 52.6 Å². The minimum Gasteiger partial charge on any atom is -1.00 e. The molecule has 1 aliphatic rings. The van der Waals surface area contributed by atoms with Crippen LogP contribution in [-0.4, -0.2) is 6.10 Å². The van der Waals surface area contributed by atoms with Crippen LogP contribution in [0.4, 0.5) is 0 Å². The van der Waals surface area contributed by atoms with Crippen molar-refractivity contribution in [2.75, 3.05) is 0 Å². The molecule has 1 aromatic heterocycles. The maximum atomic E-state index is 5.71. The van der Waals surface area contributed by atoms with Gasteiger partial charge in [-0.3, -0.25) is 0 Å². The molecule has 1 aliphatic carbocycles. The number of thiophene rings is 1. The quantitative estimate of drug-likeness (QED) is 0.449. The molecule has 2 rings (SSSR count). The van der Waals surface area contributed by atoms with Crippen molar-refractivity contribution in [1.29, 1.82) is 0 Å². The topological polar surface area (TPSA) is 9.23 Å². The number of hydrogen-bond donors (Lipinski definition) is 0. The molecule has 0 unspecified atom stereocenters. The molecule has 91 valence electrons. The van der Waals surface area contributed by atoms with Crippen LogP contribution in [0.1, 0.15) is 25.1 Å². The van der Waals surface area contributed by atoms with Gasteiger partial charge in [-0.25, -0.2) is 11.3 Å². The van der Waals surface area contributed by atoms with Crippen molar-refractivity contribution in [2.24, 2.45) is 0 Å². The Balaban J connectivity index is 0. The van der Waals surface area contributed by atoms with E-state index in [0.717, 1.165) is 12.2 Å². The van der Waals surface area contributed by atoms with Crippen LogP contribution in [-0.2, 0) is 21.7 Å². The molecule has 0 bridgehead atoms. The fourth-order valence-electron chi connectivity index (χ4n) is 1.40. The molecule has 0 amide bonds. The molecule has 17 heavy (non-hydrogen) atoms. The van der Waals surface area contributed by atoms with Gasteiger partial charge in [-0.1, -0.05) is 6.42 Å². The summed E-state index contributed by atoms with van der Waals surface area (Å²) in [6.07, 6.45) is 8.69. The van der Waals surface area contributed by atoms with Crippen LogP contribution >= 0.6 is 11.3 Å². The van der Waals surface area contributed by atoms with Crippen LogP contribution in [0.15, 0.2) is 23.6 Å². The molecule has 0 saturated carbocycles. The van der Waals surface area contributed by atoms with Crippen molar-refractivity contribution in [1.82, 2.24) is 0 Å². The van der Waals surface area contributed by atoms with Gasteiger partial charge in [0, 0.05) is 0 Å². The monoisotopic (exact) mass is 323 g/mol. The molecule has 0 atom stereocenters. The van der Waals surface area contributed by atoms with Gasteiger partial charge in [-0.15, -0.1) is 6.08 Å². The van der Waals surface area contributed by atoms with Crippen molar-refractivity contribution >= 4 is 16.9 Å². The summed E-state index contributed by atoms with van der Waals surface area (Å²) in [7, 11) is 0. The minimum absolute atomic E-state index is 0. The number of hydrogen-bond acceptors (Lipinski definition) is 2. The summed E-state index contributed by atoms with van der Waals surface area (Å²) in [5.41, 5.74) is 1.18. The summed E-state index contributed by atoms with van der Waals surface area (Å²) in [6, 6.07) is 2.03. The Morgan fingerprint density at radius 1 is 1.35 bits per heavy atom. The molecule has 0 fully saturated rings. The SMILES string of the molecule is CC(C)Oc1ccsc1C1=[C-]CC=C1.[Cl-].[Cl-].[Ti+3]. The van der Waals surface area contributed by atoms with Crippen molar-refractivity contribution in [3.05, 3.63) is 34.6 Å². The summed E-state index contributed by atoms with van der Waals surface area (Å²) < 4.78 is 5.71. The van der Waals surface area contributed by atoms with E-state index in [1.54, 1.807) is 11.3 Å². The van der Waals surface area contributed by atoms with Crippen molar-refractivity contribution in [2.45, 2.75) is 26.4 Å². The second kappa shape index (κ2) is 9.24. The summed E-state index contributed by atoms with van der Waals surface area (Å²) in [6.45, 7) is 4.09. The minimum atomic E-state index is 0. The van der Waals surface area contributed by atoms with Crippen LogP contribution in [0, 0.1) is 6.08 Å². The van der Waals surface area contributed by atoms with E-state index < -0.39 is 0 Å². The number of halogens is 2. The van der Waals surface area contributed by atoms with Crippen LogP contribution < -0.4 is 29.6 Å². The Morgan fingerprint density at radius 3 is 2.59 bits per heavy atom. The number of rotatable bonds is 3. The van der Waals surface area contributed by atoms with Crippen molar-refractivity contribution in [3.8, 4) is 5.75 Å². The van der Waals surface area contributed by atoms with Gasteiger partial charge in [-0.05, 0) is 30.2 Å². The van der Waals surface area contributed by atoms with Crippen LogP contribution in [0.25, 0.3) is 5.57 Å². The molecule has 0 N–H and O–H groups in total. The Kier molecular flexibility index (Phi) is 10.7. The zero-order valence-corrected chi connectivity index (χ0v) is 13.6. The van der Waals surface area contributed by atoms with Gasteiger partial charge >= 0.3 is 21.7 Å². The zero-order chi connectivity index (χ0) is 9.97. The van der Waals surface area contributed by atoms with Gasteiger partial charge in [-0.2, -0.15) is 17.7 Å². The molecule has 1 nitrogen and oxygen atoms in total. The van der Waals surface area contributed by atoms with E-state index in [0.29, 0.717) is 0 Å². The van der Waals surface area contributed by atoms with Crippen LogP contribution in [0.5, 0.6) is 5.75 Å². The zero-order valence-electron chi connectivity index (χ0n) is 9.67. The molecular weight excluding hydrogens is 311 g/mol. The molecule has 0 saturated heterocycles. The summed E-state index contributed by atoms with van der Waals surface area (Å²) in [4.78, 5) is 1.20. The van der Waals surface area contributed by atoms with Gasteiger partial charge in [0.15, 0.2) is 0 Å². The first kappa shape index (κ1) is 19.6. The Bertz CT molecular complexity index is 386. The van der Waals surface area contributed by atoms with Gasteiger partial charge in [0.2, 0.25) is 0 Å². The average Bonchev–Trinajstić information content (AvgIpc) is 2.70. The van der Waals surface area contributed by atoms with Gasteiger partial charge in [0.25, 0.3) is 0 Å². The normalized spacial score (nSPS) is 12.3. The third-order valence-electron chi connectivity index (χ3n) is 1.93. The maximum Gasteiger partial charge on any atom is 3.00 e. The Hall–Kier alpha value is 0.274. The largest absolute Gasteiger partial charge is 3.00 e. The fourth-order valence-corrected chi connectivity index (χ4v) is 2.23. The first-order valence-electron chi connectivity index (χ1n) is 4.79. The van der Waals surface area contributed by atoms with E-state index in [9.17, 15) is 0 Å². The Labute approximate surface area is 134 Å². The number of ether oxygens (including phenoxy) is 1. The predicted molar refractivity (Wildman–Crippen MR) is 60.5 cm³/mol. The summed E-state index contributed by atoms with van der Waals surface area (Å²) in [5.74, 6) is 0.985. The molecule has 0 spiro atoms. The summed E-state index contributed by atoms with van der Waals surface area (Å²) in [5, 5.41) is 2.06. The average molecular weight is 324 g/mol. The first-order chi connectivity index (χ1) is 6.77. The van der Waals surface area contributed by atoms with Gasteiger partial charge in [0.05, 0.1) is 11.9 Å². The standard InChI is InChI=1S/C12H13OS.2ClH.Ti/c1-9(2)13-11-7-8-14-12(11)10-5-3-4-6-10;;;/h3,5,7-9H,4H2,1-2H3;2*1H;/q-1;;;+3/p-2. The van der Waals surface area contributed by atoms with Crippen LogP contribution in [0.3, 0.4) is 0 Å². The second-order valence-corrected chi connectivity index (χ2v) is 4.39. The molecule has 0 aromatic carbocycles. The van der Waals surface area contributed by atoms with Gasteiger partial charge < -0.3 is 29.6 Å². The van der Waals surface area contributed by atoms with E-state index in [1.807, 2.05) is 19.9 Å². The second-order valence-electron chi connectivity index (χ2n) is 3.48. The van der Waals surface area contributed by atoms with E-state index in [2.05, 4.69) is 23.6 Å². The molecular formula is C12H13Cl2OSTi. The van der Waals surface area contributed by atoms with Crippen LogP contribution in [0.2, 0.25) is 0 Å². The number of allylic oxidation sites excluding steroid dienone is 4. The van der Waals surface area contributed by atoms with E-state index >= 15 is 0 Å². The van der Waals surface area contributed by atoms with Gasteiger partial charge in [0.1, 0.15) is 0 Å². The summed E-state index contributed by atoms with van der Waals surface area (Å²) >= 11 is 1.71. The molecule has 0 aliphatic heterocycles. The smallest absolute Gasteiger partial charge is 1.00 e. The van der Waals surface area contributed by atoms with Crippen molar-refractivity contribution in [3.63, 3.8) is 0 Å². The molecule has 1 aromatic rings. The first-order valence-corrected chi connectivity index (χ1v) is 5.67. The third-order valence-corrected chi connectivity index (χ3v) is 2.86. The maximum absolute atomic E-state index is 5.71. The molecule has 1 heterocycles. The predicted octanol–water partition coefficient (Wildman–Crippen LogP) is -2.31. The molecule has 1 radical (unpaired) electrons. The van der Waals surface area contributed by atoms with E-state index in [4.69, 9.17) is 4.74 Å². The fraction of sp³-hybridized carbons (Fsp3) is 0.333. The molecule has 5 heteroatoms. The third kappa shape index (κ3) is 5.19. The Morgan fingerprint density at radius 2 is 2.06 bits per heavy atom. The van der Waals surface area contributed by atoms with E-state index in [1.165, 1.54) is 10.5 Å².